The fourth-order valence-corrected chi connectivity index (χ4v) is 2.57. The van der Waals surface area contributed by atoms with Crippen molar-refractivity contribution in [3.8, 4) is 11.8 Å². The van der Waals surface area contributed by atoms with Gasteiger partial charge in [-0.05, 0) is 49.9 Å². The van der Waals surface area contributed by atoms with Crippen molar-refractivity contribution in [1.82, 2.24) is 0 Å². The molecule has 3 heteroatoms. The molecule has 4 N–H and O–H groups in total. The lowest BCUT2D eigenvalue weighted by atomic mass is 9.92. The molecule has 3 nitrogen and oxygen atoms in total. The van der Waals surface area contributed by atoms with Crippen LogP contribution in [0.3, 0.4) is 0 Å². The zero-order valence-electron chi connectivity index (χ0n) is 14.0. The molecule has 1 rings (SSSR count). The number of hydrogen-bond donors (Lipinski definition) is 3. The van der Waals surface area contributed by atoms with Crippen LogP contribution in [0.15, 0.2) is 18.2 Å². The third kappa shape index (κ3) is 5.46. The Bertz CT molecular complexity index is 522. The van der Waals surface area contributed by atoms with Crippen molar-refractivity contribution in [1.29, 1.82) is 0 Å². The normalized spacial score (nSPS) is 12.6. The molecule has 0 aliphatic rings. The molecule has 22 heavy (non-hydrogen) atoms. The second-order valence-electron chi connectivity index (χ2n) is 5.95. The molecule has 0 radical (unpaired) electrons. The van der Waals surface area contributed by atoms with Crippen LogP contribution in [-0.2, 0) is 0 Å². The summed E-state index contributed by atoms with van der Waals surface area (Å²) >= 11 is 0. The summed E-state index contributed by atoms with van der Waals surface area (Å²) in [6, 6.07) is 5.77. The zero-order valence-corrected chi connectivity index (χ0v) is 14.0. The van der Waals surface area contributed by atoms with E-state index in [0.29, 0.717) is 25.8 Å². The first kappa shape index (κ1) is 18.7. The van der Waals surface area contributed by atoms with Gasteiger partial charge in [0.15, 0.2) is 0 Å². The summed E-state index contributed by atoms with van der Waals surface area (Å²) in [4.78, 5) is 0. The summed E-state index contributed by atoms with van der Waals surface area (Å²) in [5, 5.41) is 20.6. The molecule has 0 bridgehead atoms. The first-order chi connectivity index (χ1) is 10.5. The van der Waals surface area contributed by atoms with Crippen LogP contribution in [0.1, 0.15) is 68.7 Å². The molecule has 1 unspecified atom stereocenters. The van der Waals surface area contributed by atoms with Crippen molar-refractivity contribution >= 4 is 0 Å². The van der Waals surface area contributed by atoms with Crippen molar-refractivity contribution < 1.29 is 10.2 Å². The van der Waals surface area contributed by atoms with E-state index in [9.17, 15) is 10.2 Å². The van der Waals surface area contributed by atoms with E-state index < -0.39 is 11.7 Å². The molecule has 0 amide bonds. The largest absolute Gasteiger partial charge is 0.388 e. The Labute approximate surface area is 134 Å². The molecule has 0 aliphatic carbocycles. The van der Waals surface area contributed by atoms with Crippen LogP contribution in [0.5, 0.6) is 0 Å². The summed E-state index contributed by atoms with van der Waals surface area (Å²) in [6.07, 6.45) is 3.14. The minimum atomic E-state index is -0.915. The molecular formula is C19H29NO2. The molecule has 0 fully saturated rings. The van der Waals surface area contributed by atoms with Crippen LogP contribution in [0.2, 0.25) is 0 Å². The summed E-state index contributed by atoms with van der Waals surface area (Å²) in [7, 11) is 0. The van der Waals surface area contributed by atoms with E-state index in [1.54, 1.807) is 0 Å². The fraction of sp³-hybridized carbons (Fsp3) is 0.579. The van der Waals surface area contributed by atoms with E-state index in [1.807, 2.05) is 25.1 Å². The van der Waals surface area contributed by atoms with Gasteiger partial charge in [0.05, 0.1) is 6.10 Å². The summed E-state index contributed by atoms with van der Waals surface area (Å²) in [5.41, 5.74) is 7.32. The van der Waals surface area contributed by atoms with Gasteiger partial charge in [0.2, 0.25) is 0 Å². The number of nitrogens with two attached hydrogens (primary N) is 1. The highest BCUT2D eigenvalue weighted by atomic mass is 16.3. The quantitative estimate of drug-likeness (QED) is 0.678. The van der Waals surface area contributed by atoms with Crippen molar-refractivity contribution in [3.05, 3.63) is 34.9 Å². The zero-order chi connectivity index (χ0) is 16.6. The highest BCUT2D eigenvalue weighted by molar-refractivity contribution is 5.45. The van der Waals surface area contributed by atoms with Gasteiger partial charge in [-0.15, -0.1) is 0 Å². The molecule has 0 spiro atoms. The molecule has 1 atom stereocenters. The SMILES string of the molecule is CCCC(O)(C#Cc1cc(C(O)CCN)ccc1C)CCC. The van der Waals surface area contributed by atoms with E-state index in [2.05, 4.69) is 25.7 Å². The third-order valence-corrected chi connectivity index (χ3v) is 3.84. The second kappa shape index (κ2) is 8.95. The standard InChI is InChI=1S/C19H29NO2/c1-4-10-19(22,11-5-2)12-8-16-14-17(7-6-15(16)3)18(21)9-13-20/h6-7,14,18,21-22H,4-5,9-11,13,20H2,1-3H3. The second-order valence-corrected chi connectivity index (χ2v) is 5.95. The predicted octanol–water partition coefficient (Wildman–Crippen LogP) is 3.06. The fourth-order valence-electron chi connectivity index (χ4n) is 2.57. The van der Waals surface area contributed by atoms with Crippen molar-refractivity contribution in [2.24, 2.45) is 5.73 Å². The van der Waals surface area contributed by atoms with Crippen LogP contribution in [0.25, 0.3) is 0 Å². The smallest absolute Gasteiger partial charge is 0.125 e. The van der Waals surface area contributed by atoms with Crippen molar-refractivity contribution in [2.45, 2.75) is 64.6 Å². The van der Waals surface area contributed by atoms with Gasteiger partial charge >= 0.3 is 0 Å². The number of aryl methyl sites for hydroxylation is 1. The van der Waals surface area contributed by atoms with Crippen LogP contribution >= 0.6 is 0 Å². The molecule has 0 aromatic heterocycles. The summed E-state index contributed by atoms with van der Waals surface area (Å²) in [6.45, 7) is 6.54. The maximum Gasteiger partial charge on any atom is 0.125 e. The average molecular weight is 303 g/mol. The summed E-state index contributed by atoms with van der Waals surface area (Å²) < 4.78 is 0. The van der Waals surface area contributed by atoms with Gasteiger partial charge in [-0.2, -0.15) is 0 Å². The van der Waals surface area contributed by atoms with Crippen LogP contribution in [-0.4, -0.2) is 22.4 Å². The van der Waals surface area contributed by atoms with Gasteiger partial charge in [0, 0.05) is 5.56 Å². The monoisotopic (exact) mass is 303 g/mol. The Morgan fingerprint density at radius 3 is 2.41 bits per heavy atom. The van der Waals surface area contributed by atoms with E-state index >= 15 is 0 Å². The molecule has 122 valence electrons. The molecular weight excluding hydrogens is 274 g/mol. The molecule has 1 aromatic carbocycles. The lowest BCUT2D eigenvalue weighted by Crippen LogP contribution is -2.25. The first-order valence-corrected chi connectivity index (χ1v) is 8.20. The van der Waals surface area contributed by atoms with Crippen LogP contribution in [0, 0.1) is 18.8 Å². The average Bonchev–Trinajstić information content (AvgIpc) is 2.47. The summed E-state index contributed by atoms with van der Waals surface area (Å²) in [5.74, 6) is 6.17. The third-order valence-electron chi connectivity index (χ3n) is 3.84. The van der Waals surface area contributed by atoms with E-state index in [4.69, 9.17) is 5.73 Å². The minimum Gasteiger partial charge on any atom is -0.388 e. The van der Waals surface area contributed by atoms with E-state index in [0.717, 1.165) is 29.5 Å². The Kier molecular flexibility index (Phi) is 7.61. The highest BCUT2D eigenvalue weighted by Crippen LogP contribution is 2.21. The van der Waals surface area contributed by atoms with Crippen LogP contribution in [0.4, 0.5) is 0 Å². The number of aliphatic hydroxyl groups is 2. The molecule has 0 heterocycles. The molecule has 0 saturated carbocycles. The van der Waals surface area contributed by atoms with Gasteiger partial charge in [-0.1, -0.05) is 50.7 Å². The number of rotatable bonds is 7. The maximum absolute atomic E-state index is 10.6. The minimum absolute atomic E-state index is 0.447. The van der Waals surface area contributed by atoms with Crippen LogP contribution < -0.4 is 5.73 Å². The van der Waals surface area contributed by atoms with Gasteiger partial charge in [-0.25, -0.2) is 0 Å². The molecule has 0 saturated heterocycles. The van der Waals surface area contributed by atoms with E-state index in [1.165, 1.54) is 0 Å². The van der Waals surface area contributed by atoms with Gasteiger partial charge in [-0.3, -0.25) is 0 Å². The Morgan fingerprint density at radius 1 is 1.23 bits per heavy atom. The van der Waals surface area contributed by atoms with Gasteiger partial charge < -0.3 is 15.9 Å². The highest BCUT2D eigenvalue weighted by Gasteiger charge is 2.21. The van der Waals surface area contributed by atoms with Crippen molar-refractivity contribution in [2.75, 3.05) is 6.54 Å². The van der Waals surface area contributed by atoms with E-state index in [-0.39, 0.29) is 0 Å². The maximum atomic E-state index is 10.6. The lowest BCUT2D eigenvalue weighted by molar-refractivity contribution is 0.0807. The Balaban J connectivity index is 3.06. The Hall–Kier alpha value is -1.34. The number of hydrogen-bond acceptors (Lipinski definition) is 3. The van der Waals surface area contributed by atoms with Crippen molar-refractivity contribution in [3.63, 3.8) is 0 Å². The number of benzene rings is 1. The molecule has 0 aliphatic heterocycles. The number of aliphatic hydroxyl groups excluding tert-OH is 1. The first-order valence-electron chi connectivity index (χ1n) is 8.20. The van der Waals surface area contributed by atoms with Gasteiger partial charge in [0.1, 0.15) is 5.60 Å². The predicted molar refractivity (Wildman–Crippen MR) is 91.5 cm³/mol. The lowest BCUT2D eigenvalue weighted by Gasteiger charge is -2.20. The van der Waals surface area contributed by atoms with Gasteiger partial charge in [0.25, 0.3) is 0 Å². The molecule has 1 aromatic rings. The topological polar surface area (TPSA) is 66.5 Å². The Morgan fingerprint density at radius 2 is 1.86 bits per heavy atom.